The van der Waals surface area contributed by atoms with E-state index in [1.807, 2.05) is 41.0 Å². The lowest BCUT2D eigenvalue weighted by molar-refractivity contribution is -0.121. The van der Waals surface area contributed by atoms with Gasteiger partial charge < -0.3 is 15.5 Å². The summed E-state index contributed by atoms with van der Waals surface area (Å²) in [5.41, 5.74) is 11.4. The zero-order valence-corrected chi connectivity index (χ0v) is 23.3. The fraction of sp³-hybridized carbons (Fsp3) is 0.375. The van der Waals surface area contributed by atoms with Crippen LogP contribution in [0.25, 0.3) is 16.9 Å². The van der Waals surface area contributed by atoms with Gasteiger partial charge in [0.2, 0.25) is 5.91 Å². The topological polar surface area (TPSA) is 96.8 Å². The van der Waals surface area contributed by atoms with Crippen molar-refractivity contribution in [3.8, 4) is 11.3 Å². The number of carbonyl (C=O) groups excluding carboxylic acids is 2. The van der Waals surface area contributed by atoms with E-state index in [1.165, 1.54) is 17.2 Å². The lowest BCUT2D eigenvalue weighted by Crippen LogP contribution is -2.39. The van der Waals surface area contributed by atoms with Crippen LogP contribution >= 0.6 is 0 Å². The smallest absolute Gasteiger partial charge is 0.273 e. The van der Waals surface area contributed by atoms with E-state index in [9.17, 15) is 9.59 Å². The maximum Gasteiger partial charge on any atom is 0.273 e. The first-order valence-electron chi connectivity index (χ1n) is 14.5. The van der Waals surface area contributed by atoms with Crippen LogP contribution in [-0.4, -0.2) is 50.4 Å². The summed E-state index contributed by atoms with van der Waals surface area (Å²) in [6.07, 6.45) is 3.53. The van der Waals surface area contributed by atoms with Crippen molar-refractivity contribution in [3.63, 3.8) is 0 Å². The Morgan fingerprint density at radius 3 is 2.54 bits per heavy atom. The van der Waals surface area contributed by atoms with Crippen molar-refractivity contribution >= 4 is 23.1 Å². The number of anilines is 1. The van der Waals surface area contributed by atoms with E-state index in [0.717, 1.165) is 25.0 Å². The quantitative estimate of drug-likeness (QED) is 0.381. The number of fused-ring (bicyclic) bond motifs is 2. The molecule has 4 heterocycles. The van der Waals surface area contributed by atoms with Gasteiger partial charge >= 0.3 is 0 Å². The van der Waals surface area contributed by atoms with Crippen molar-refractivity contribution in [2.24, 2.45) is 11.7 Å². The summed E-state index contributed by atoms with van der Waals surface area (Å²) in [6.45, 7) is 5.30. The van der Waals surface area contributed by atoms with Crippen molar-refractivity contribution < 1.29 is 14.0 Å². The van der Waals surface area contributed by atoms with E-state index in [4.69, 9.17) is 15.8 Å². The van der Waals surface area contributed by atoms with Crippen LogP contribution in [0.4, 0.5) is 10.1 Å². The van der Waals surface area contributed by atoms with Crippen molar-refractivity contribution in [2.45, 2.75) is 57.5 Å². The van der Waals surface area contributed by atoms with Gasteiger partial charge in [-0.3, -0.25) is 9.59 Å². The van der Waals surface area contributed by atoms with Gasteiger partial charge in [0.25, 0.3) is 5.91 Å². The molecule has 2 aromatic heterocycles. The summed E-state index contributed by atoms with van der Waals surface area (Å²) in [7, 11) is 0. The van der Waals surface area contributed by atoms with Crippen molar-refractivity contribution in [1.82, 2.24) is 19.5 Å². The third-order valence-electron chi connectivity index (χ3n) is 9.21. The Morgan fingerprint density at radius 2 is 1.80 bits per heavy atom. The van der Waals surface area contributed by atoms with Crippen LogP contribution in [0.1, 0.15) is 72.4 Å². The molecule has 0 bridgehead atoms. The Labute approximate surface area is 238 Å². The zero-order valence-electron chi connectivity index (χ0n) is 23.3. The van der Waals surface area contributed by atoms with Crippen LogP contribution in [0.3, 0.4) is 0 Å². The van der Waals surface area contributed by atoms with Crippen LogP contribution in [-0.2, 0) is 11.2 Å². The Kier molecular flexibility index (Phi) is 6.06. The number of benzene rings is 2. The first-order valence-corrected chi connectivity index (χ1v) is 14.5. The summed E-state index contributed by atoms with van der Waals surface area (Å²) in [6, 6.07) is 16.9. The lowest BCUT2D eigenvalue weighted by Gasteiger charge is -2.35. The molecule has 9 heteroatoms. The fourth-order valence-corrected chi connectivity index (χ4v) is 6.68. The molecule has 3 atom stereocenters. The van der Waals surface area contributed by atoms with Gasteiger partial charge in [-0.1, -0.05) is 24.3 Å². The molecule has 41 heavy (non-hydrogen) atoms. The monoisotopic (exact) mass is 552 g/mol. The summed E-state index contributed by atoms with van der Waals surface area (Å²) in [5.74, 6) is -0.753. The molecule has 0 spiro atoms. The van der Waals surface area contributed by atoms with E-state index in [-0.39, 0.29) is 29.8 Å². The third-order valence-corrected chi connectivity index (χ3v) is 9.21. The number of hydrogen-bond acceptors (Lipinski definition) is 5. The molecular formula is C32H33FN6O2. The van der Waals surface area contributed by atoms with E-state index < -0.39 is 5.82 Å². The number of nitrogens with two attached hydrogens (primary N) is 1. The molecule has 2 aliphatic heterocycles. The van der Waals surface area contributed by atoms with Gasteiger partial charge in [0, 0.05) is 48.1 Å². The number of nitrogens with zero attached hydrogens (tertiary/aromatic N) is 5. The molecule has 210 valence electrons. The average molecular weight is 553 g/mol. The van der Waals surface area contributed by atoms with Gasteiger partial charge in [-0.25, -0.2) is 13.9 Å². The van der Waals surface area contributed by atoms with Gasteiger partial charge in [-0.05, 0) is 74.9 Å². The van der Waals surface area contributed by atoms with Crippen LogP contribution in [0.2, 0.25) is 0 Å². The minimum atomic E-state index is -0.397. The van der Waals surface area contributed by atoms with Gasteiger partial charge in [0.05, 0.1) is 17.7 Å². The number of rotatable bonds is 5. The standard InChI is InChI=1S/C32H33FN6O2/c1-18-23-6-4-3-5-20(23)11-13-38(18)32(41)28-16-29(21-7-8-21)39-30(35-28)17-27(36-39)25-10-9-22(15-26(25)33)37-14-12-24(19(37)2)31(34)40/h3-6,9-10,15-19,21,24H,7-8,11-14H2,1-2H3,(H2,34,40)/t18-,19+,24+/m1/s1. The van der Waals surface area contributed by atoms with Crippen molar-refractivity contribution in [1.29, 1.82) is 0 Å². The Morgan fingerprint density at radius 1 is 1.00 bits per heavy atom. The summed E-state index contributed by atoms with van der Waals surface area (Å²) in [5, 5.41) is 4.75. The summed E-state index contributed by atoms with van der Waals surface area (Å²) >= 11 is 0. The Bertz CT molecular complexity index is 1700. The molecule has 2 fully saturated rings. The Balaban J connectivity index is 1.21. The molecule has 8 nitrogen and oxygen atoms in total. The molecular weight excluding hydrogens is 519 g/mol. The highest BCUT2D eigenvalue weighted by molar-refractivity contribution is 5.93. The van der Waals surface area contributed by atoms with Gasteiger partial charge in [-0.15, -0.1) is 0 Å². The fourth-order valence-electron chi connectivity index (χ4n) is 6.68. The number of carbonyl (C=O) groups is 2. The molecule has 4 aromatic rings. The average Bonchev–Trinajstić information content (AvgIpc) is 3.60. The van der Waals surface area contributed by atoms with Crippen molar-refractivity contribution in [2.75, 3.05) is 18.0 Å². The van der Waals surface area contributed by atoms with Crippen LogP contribution in [0.5, 0.6) is 0 Å². The SMILES string of the molecule is C[C@@H]1c2ccccc2CCN1C(=O)c1cc(C2CC2)n2nc(-c3ccc(N4CC[C@H](C(N)=O)[C@@H]4C)cc3F)cc2n1. The highest BCUT2D eigenvalue weighted by Gasteiger charge is 2.35. The molecule has 0 radical (unpaired) electrons. The molecule has 2 aromatic carbocycles. The minimum absolute atomic E-state index is 0.0421. The second-order valence-corrected chi connectivity index (χ2v) is 11.7. The molecule has 1 saturated heterocycles. The summed E-state index contributed by atoms with van der Waals surface area (Å²) in [4.78, 5) is 34.2. The molecule has 7 rings (SSSR count). The first kappa shape index (κ1) is 25.7. The second-order valence-electron chi connectivity index (χ2n) is 11.7. The van der Waals surface area contributed by atoms with E-state index in [1.54, 1.807) is 16.6 Å². The molecule has 3 aliphatic rings. The molecule has 2 amide bonds. The van der Waals surface area contributed by atoms with Crippen molar-refractivity contribution in [3.05, 3.63) is 82.9 Å². The molecule has 0 unspecified atom stereocenters. The number of halogens is 1. The van der Waals surface area contributed by atoms with E-state index in [0.29, 0.717) is 53.7 Å². The van der Waals surface area contributed by atoms with E-state index in [2.05, 4.69) is 19.1 Å². The highest BCUT2D eigenvalue weighted by atomic mass is 19.1. The lowest BCUT2D eigenvalue weighted by atomic mass is 9.93. The van der Waals surface area contributed by atoms with Gasteiger partial charge in [0.1, 0.15) is 11.5 Å². The predicted octanol–water partition coefficient (Wildman–Crippen LogP) is 4.87. The Hall–Kier alpha value is -4.27. The highest BCUT2D eigenvalue weighted by Crippen LogP contribution is 2.41. The molecule has 1 saturated carbocycles. The third kappa shape index (κ3) is 4.34. The van der Waals surface area contributed by atoms with Gasteiger partial charge in [0.15, 0.2) is 5.65 Å². The number of hydrogen-bond donors (Lipinski definition) is 1. The largest absolute Gasteiger partial charge is 0.369 e. The summed E-state index contributed by atoms with van der Waals surface area (Å²) < 4.78 is 17.3. The van der Waals surface area contributed by atoms with Crippen LogP contribution in [0, 0.1) is 11.7 Å². The number of aromatic nitrogens is 3. The number of primary amides is 1. The predicted molar refractivity (Wildman–Crippen MR) is 154 cm³/mol. The molecule has 1 aliphatic carbocycles. The first-order chi connectivity index (χ1) is 19.8. The normalized spacial score (nSPS) is 22.3. The van der Waals surface area contributed by atoms with E-state index >= 15 is 4.39 Å². The zero-order chi connectivity index (χ0) is 28.4. The maximum absolute atomic E-state index is 15.5. The minimum Gasteiger partial charge on any atom is -0.369 e. The maximum atomic E-state index is 15.5. The van der Waals surface area contributed by atoms with Crippen LogP contribution in [0.15, 0.2) is 54.6 Å². The number of amides is 2. The molecule has 2 N–H and O–H groups in total. The van der Waals surface area contributed by atoms with Gasteiger partial charge in [-0.2, -0.15) is 5.10 Å². The van der Waals surface area contributed by atoms with Crippen LogP contribution < -0.4 is 10.6 Å². The second kappa shape index (κ2) is 9.68.